The van der Waals surface area contributed by atoms with Gasteiger partial charge in [-0.25, -0.2) is 0 Å². The van der Waals surface area contributed by atoms with Crippen molar-refractivity contribution in [3.05, 3.63) is 64.1 Å². The molecule has 0 heterocycles. The van der Waals surface area contributed by atoms with Crippen molar-refractivity contribution in [1.82, 2.24) is 0 Å². The molecule has 0 spiro atoms. The molecule has 94 valence electrons. The number of aliphatic hydroxyl groups excluding tert-OH is 1. The highest BCUT2D eigenvalue weighted by molar-refractivity contribution is 9.10. The Kier molecular flexibility index (Phi) is 4.39. The van der Waals surface area contributed by atoms with Crippen LogP contribution < -0.4 is 5.32 Å². The summed E-state index contributed by atoms with van der Waals surface area (Å²) in [6, 6.07) is 15.8. The molecule has 0 aliphatic rings. The van der Waals surface area contributed by atoms with Gasteiger partial charge in [-0.05, 0) is 40.5 Å². The minimum atomic E-state index is -0.502. The lowest BCUT2D eigenvalue weighted by Gasteiger charge is -2.14. The molecule has 0 aliphatic carbocycles. The van der Waals surface area contributed by atoms with Crippen LogP contribution in [0.15, 0.2) is 53.0 Å². The van der Waals surface area contributed by atoms with E-state index in [1.54, 1.807) is 0 Å². The van der Waals surface area contributed by atoms with E-state index in [2.05, 4.69) is 21.2 Å². The molecular weight excluding hydrogens is 290 g/mol. The van der Waals surface area contributed by atoms with Crippen LogP contribution in [0.2, 0.25) is 0 Å². The predicted molar refractivity (Wildman–Crippen MR) is 78.8 cm³/mol. The fraction of sp³-hybridized carbons (Fsp3) is 0.200. The first-order valence-electron chi connectivity index (χ1n) is 5.90. The van der Waals surface area contributed by atoms with Crippen LogP contribution in [0.25, 0.3) is 0 Å². The maximum absolute atomic E-state index is 10.1. The van der Waals surface area contributed by atoms with Gasteiger partial charge in [-0.15, -0.1) is 0 Å². The van der Waals surface area contributed by atoms with Crippen molar-refractivity contribution < 1.29 is 5.11 Å². The number of benzene rings is 2. The molecule has 0 radical (unpaired) electrons. The monoisotopic (exact) mass is 305 g/mol. The molecule has 0 bridgehead atoms. The maximum Gasteiger partial charge on any atom is 0.0962 e. The summed E-state index contributed by atoms with van der Waals surface area (Å²) in [5.74, 6) is 0. The van der Waals surface area contributed by atoms with E-state index in [-0.39, 0.29) is 0 Å². The Morgan fingerprint density at radius 2 is 1.78 bits per heavy atom. The van der Waals surface area contributed by atoms with Gasteiger partial charge in [0, 0.05) is 16.7 Å². The lowest BCUT2D eigenvalue weighted by atomic mass is 10.1. The Labute approximate surface area is 116 Å². The first-order valence-corrected chi connectivity index (χ1v) is 6.69. The molecule has 2 aromatic rings. The number of hydrogen-bond acceptors (Lipinski definition) is 2. The van der Waals surface area contributed by atoms with E-state index in [1.165, 1.54) is 5.56 Å². The highest BCUT2D eigenvalue weighted by atomic mass is 79.9. The average molecular weight is 306 g/mol. The Morgan fingerprint density at radius 1 is 1.11 bits per heavy atom. The van der Waals surface area contributed by atoms with Gasteiger partial charge in [0.2, 0.25) is 0 Å². The topological polar surface area (TPSA) is 32.3 Å². The van der Waals surface area contributed by atoms with Gasteiger partial charge in [0.1, 0.15) is 0 Å². The van der Waals surface area contributed by atoms with Crippen LogP contribution in [0, 0.1) is 6.92 Å². The van der Waals surface area contributed by atoms with Crippen LogP contribution in [0.5, 0.6) is 0 Å². The molecule has 1 unspecified atom stereocenters. The minimum absolute atomic E-state index is 0.492. The van der Waals surface area contributed by atoms with E-state index in [1.807, 2.05) is 55.5 Å². The first kappa shape index (κ1) is 13.1. The Morgan fingerprint density at radius 3 is 2.44 bits per heavy atom. The van der Waals surface area contributed by atoms with Gasteiger partial charge < -0.3 is 10.4 Å². The van der Waals surface area contributed by atoms with Crippen LogP contribution in [-0.2, 0) is 0 Å². The number of halogens is 1. The van der Waals surface area contributed by atoms with Gasteiger partial charge in [-0.3, -0.25) is 0 Å². The summed E-state index contributed by atoms with van der Waals surface area (Å²) in [7, 11) is 0. The molecule has 0 aliphatic heterocycles. The lowest BCUT2D eigenvalue weighted by Crippen LogP contribution is -2.12. The number of aryl methyl sites for hydroxylation is 1. The first-order chi connectivity index (χ1) is 8.66. The Bertz CT molecular complexity index is 510. The normalized spacial score (nSPS) is 12.2. The zero-order valence-corrected chi connectivity index (χ0v) is 11.8. The van der Waals surface area contributed by atoms with Gasteiger partial charge in [0.05, 0.1) is 6.10 Å². The third kappa shape index (κ3) is 3.34. The van der Waals surface area contributed by atoms with Crippen LogP contribution in [0.3, 0.4) is 0 Å². The van der Waals surface area contributed by atoms with Crippen LogP contribution in [-0.4, -0.2) is 11.7 Å². The average Bonchev–Trinajstić information content (AvgIpc) is 2.38. The van der Waals surface area contributed by atoms with Crippen LogP contribution in [0.1, 0.15) is 17.2 Å². The van der Waals surface area contributed by atoms with E-state index >= 15 is 0 Å². The summed E-state index contributed by atoms with van der Waals surface area (Å²) in [6.07, 6.45) is -0.502. The molecule has 2 nitrogen and oxygen atoms in total. The summed E-state index contributed by atoms with van der Waals surface area (Å²) in [5.41, 5.74) is 3.12. The SMILES string of the molecule is Cc1ccc(C(O)CNc2ccccc2Br)cc1. The molecule has 3 heteroatoms. The summed E-state index contributed by atoms with van der Waals surface area (Å²) >= 11 is 3.47. The van der Waals surface area contributed by atoms with Crippen LogP contribution >= 0.6 is 15.9 Å². The van der Waals surface area contributed by atoms with Gasteiger partial charge in [0.25, 0.3) is 0 Å². The van der Waals surface area contributed by atoms with Crippen molar-refractivity contribution in [1.29, 1.82) is 0 Å². The minimum Gasteiger partial charge on any atom is -0.387 e. The fourth-order valence-electron chi connectivity index (χ4n) is 1.72. The number of aliphatic hydroxyl groups is 1. The van der Waals surface area contributed by atoms with E-state index < -0.39 is 6.10 Å². The molecule has 2 aromatic carbocycles. The second-order valence-corrected chi connectivity index (χ2v) is 5.14. The molecule has 0 amide bonds. The molecule has 0 fully saturated rings. The quantitative estimate of drug-likeness (QED) is 0.898. The number of anilines is 1. The smallest absolute Gasteiger partial charge is 0.0962 e. The fourth-order valence-corrected chi connectivity index (χ4v) is 2.14. The zero-order valence-electron chi connectivity index (χ0n) is 10.2. The summed E-state index contributed by atoms with van der Waals surface area (Å²) in [4.78, 5) is 0. The van der Waals surface area contributed by atoms with Crippen molar-refractivity contribution in [3.63, 3.8) is 0 Å². The third-order valence-electron chi connectivity index (χ3n) is 2.82. The maximum atomic E-state index is 10.1. The molecule has 1 atom stereocenters. The number of rotatable bonds is 4. The predicted octanol–water partition coefficient (Wildman–Crippen LogP) is 3.90. The summed E-state index contributed by atoms with van der Waals surface area (Å²) < 4.78 is 1.00. The van der Waals surface area contributed by atoms with Gasteiger partial charge in [-0.1, -0.05) is 42.0 Å². The van der Waals surface area contributed by atoms with Crippen molar-refractivity contribution >= 4 is 21.6 Å². The number of nitrogens with one attached hydrogen (secondary N) is 1. The molecule has 18 heavy (non-hydrogen) atoms. The Hall–Kier alpha value is -1.32. The highest BCUT2D eigenvalue weighted by Gasteiger charge is 2.07. The molecule has 0 saturated heterocycles. The van der Waals surface area contributed by atoms with Gasteiger partial charge in [-0.2, -0.15) is 0 Å². The van der Waals surface area contributed by atoms with Crippen molar-refractivity contribution in [2.45, 2.75) is 13.0 Å². The van der Waals surface area contributed by atoms with E-state index in [9.17, 15) is 5.11 Å². The standard InChI is InChI=1S/C15H16BrNO/c1-11-6-8-12(9-7-11)15(18)10-17-14-5-3-2-4-13(14)16/h2-9,15,17-18H,10H2,1H3. The molecule has 0 saturated carbocycles. The molecule has 0 aromatic heterocycles. The number of hydrogen-bond donors (Lipinski definition) is 2. The van der Waals surface area contributed by atoms with Crippen molar-refractivity contribution in [2.75, 3.05) is 11.9 Å². The second-order valence-electron chi connectivity index (χ2n) is 4.29. The molecule has 2 rings (SSSR count). The highest BCUT2D eigenvalue weighted by Crippen LogP contribution is 2.22. The molecule has 2 N–H and O–H groups in total. The van der Waals surface area contributed by atoms with Gasteiger partial charge >= 0.3 is 0 Å². The van der Waals surface area contributed by atoms with E-state index in [4.69, 9.17) is 0 Å². The number of para-hydroxylation sites is 1. The van der Waals surface area contributed by atoms with Crippen LogP contribution in [0.4, 0.5) is 5.69 Å². The van der Waals surface area contributed by atoms with E-state index in [0.29, 0.717) is 6.54 Å². The third-order valence-corrected chi connectivity index (χ3v) is 3.51. The Balaban J connectivity index is 1.98. The lowest BCUT2D eigenvalue weighted by molar-refractivity contribution is 0.191. The summed E-state index contributed by atoms with van der Waals surface area (Å²) in [5, 5.41) is 13.3. The summed E-state index contributed by atoms with van der Waals surface area (Å²) in [6.45, 7) is 2.53. The van der Waals surface area contributed by atoms with Gasteiger partial charge in [0.15, 0.2) is 0 Å². The van der Waals surface area contributed by atoms with E-state index in [0.717, 1.165) is 15.7 Å². The van der Waals surface area contributed by atoms with Crippen molar-refractivity contribution in [2.24, 2.45) is 0 Å². The largest absolute Gasteiger partial charge is 0.387 e. The molecular formula is C15H16BrNO. The zero-order chi connectivity index (χ0) is 13.0. The van der Waals surface area contributed by atoms with Crippen molar-refractivity contribution in [3.8, 4) is 0 Å². The second kappa shape index (κ2) is 6.03.